The lowest BCUT2D eigenvalue weighted by Gasteiger charge is -2.11. The molecule has 0 aliphatic carbocycles. The van der Waals surface area contributed by atoms with Crippen molar-refractivity contribution < 1.29 is 0 Å². The van der Waals surface area contributed by atoms with Crippen molar-refractivity contribution >= 4 is 22.3 Å². The topological polar surface area (TPSA) is 57.0 Å². The van der Waals surface area contributed by atoms with Gasteiger partial charge in [0.05, 0.1) is 6.54 Å². The number of nitrogen functional groups attached to an aromatic ring is 2. The zero-order valence-electron chi connectivity index (χ0n) is 10.0. The van der Waals surface area contributed by atoms with Crippen molar-refractivity contribution in [3.8, 4) is 0 Å². The van der Waals surface area contributed by atoms with E-state index in [-0.39, 0.29) is 0 Å². The molecule has 4 N–H and O–H groups in total. The molecule has 18 heavy (non-hydrogen) atoms. The summed E-state index contributed by atoms with van der Waals surface area (Å²) >= 11 is 0. The van der Waals surface area contributed by atoms with E-state index in [0.717, 1.165) is 16.9 Å². The van der Waals surface area contributed by atoms with Crippen LogP contribution in [0, 0.1) is 0 Å². The molecule has 3 nitrogen and oxygen atoms in total. The summed E-state index contributed by atoms with van der Waals surface area (Å²) in [5, 5.41) is 1.23. The zero-order valence-corrected chi connectivity index (χ0v) is 10.0. The maximum atomic E-state index is 5.99. The Labute approximate surface area is 106 Å². The minimum atomic E-state index is 0.700. The van der Waals surface area contributed by atoms with E-state index < -0.39 is 0 Å². The van der Waals surface area contributed by atoms with Crippen LogP contribution in [0.2, 0.25) is 0 Å². The summed E-state index contributed by atoms with van der Waals surface area (Å²) in [5.41, 5.74) is 15.6. The summed E-state index contributed by atoms with van der Waals surface area (Å²) in [6, 6.07) is 16.0. The van der Waals surface area contributed by atoms with Crippen molar-refractivity contribution in [1.29, 1.82) is 0 Å². The average molecular weight is 237 g/mol. The Balaban J connectivity index is 2.07. The van der Waals surface area contributed by atoms with Crippen molar-refractivity contribution in [1.82, 2.24) is 4.57 Å². The number of rotatable bonds is 2. The SMILES string of the molecule is Nc1cccc(N)c1Cn1ccc2ccccc21. The highest BCUT2D eigenvalue weighted by atomic mass is 15.0. The lowest BCUT2D eigenvalue weighted by molar-refractivity contribution is 0.841. The second-order valence-corrected chi connectivity index (χ2v) is 4.42. The van der Waals surface area contributed by atoms with Gasteiger partial charge in [-0.3, -0.25) is 0 Å². The first-order valence-electron chi connectivity index (χ1n) is 5.92. The lowest BCUT2D eigenvalue weighted by atomic mass is 10.1. The quantitative estimate of drug-likeness (QED) is 0.673. The van der Waals surface area contributed by atoms with Crippen LogP contribution in [0.3, 0.4) is 0 Å². The number of hydrogen-bond acceptors (Lipinski definition) is 2. The summed E-state index contributed by atoms with van der Waals surface area (Å²) in [6.45, 7) is 0.700. The van der Waals surface area contributed by atoms with Crippen molar-refractivity contribution in [2.24, 2.45) is 0 Å². The van der Waals surface area contributed by atoms with Gasteiger partial charge in [0.2, 0.25) is 0 Å². The van der Waals surface area contributed by atoms with Gasteiger partial charge in [0.1, 0.15) is 0 Å². The minimum Gasteiger partial charge on any atom is -0.398 e. The third kappa shape index (κ3) is 1.70. The fourth-order valence-corrected chi connectivity index (χ4v) is 2.25. The molecule has 0 aliphatic rings. The highest BCUT2D eigenvalue weighted by Gasteiger charge is 2.06. The molecule has 0 atom stereocenters. The third-order valence-electron chi connectivity index (χ3n) is 3.26. The molecule has 90 valence electrons. The molecular weight excluding hydrogens is 222 g/mol. The van der Waals surface area contributed by atoms with Crippen LogP contribution in [0.1, 0.15) is 5.56 Å². The van der Waals surface area contributed by atoms with Crippen LogP contribution >= 0.6 is 0 Å². The summed E-state index contributed by atoms with van der Waals surface area (Å²) < 4.78 is 2.16. The Morgan fingerprint density at radius 1 is 0.833 bits per heavy atom. The van der Waals surface area contributed by atoms with Crippen molar-refractivity contribution in [2.45, 2.75) is 6.54 Å². The highest BCUT2D eigenvalue weighted by Crippen LogP contribution is 2.23. The minimum absolute atomic E-state index is 0.700. The third-order valence-corrected chi connectivity index (χ3v) is 3.26. The number of nitrogens with zero attached hydrogens (tertiary/aromatic N) is 1. The number of nitrogens with two attached hydrogens (primary N) is 2. The number of fused-ring (bicyclic) bond motifs is 1. The first kappa shape index (κ1) is 10.7. The normalized spacial score (nSPS) is 10.9. The molecule has 0 spiro atoms. The first-order valence-corrected chi connectivity index (χ1v) is 5.92. The number of benzene rings is 2. The summed E-state index contributed by atoms with van der Waals surface area (Å²) in [5.74, 6) is 0. The molecule has 0 fully saturated rings. The lowest BCUT2D eigenvalue weighted by Crippen LogP contribution is -2.05. The smallest absolute Gasteiger partial charge is 0.0517 e. The average Bonchev–Trinajstić information content (AvgIpc) is 2.77. The van der Waals surface area contributed by atoms with Crippen LogP contribution in [0.15, 0.2) is 54.7 Å². The van der Waals surface area contributed by atoms with E-state index in [0.29, 0.717) is 6.54 Å². The molecule has 0 saturated heterocycles. The molecule has 3 rings (SSSR count). The maximum absolute atomic E-state index is 5.99. The standard InChI is InChI=1S/C15H15N3/c16-13-5-3-6-14(17)12(13)10-18-9-8-11-4-1-2-7-15(11)18/h1-9H,10,16-17H2. The second kappa shape index (κ2) is 4.11. The molecule has 1 aromatic heterocycles. The Kier molecular flexibility index (Phi) is 2.45. The highest BCUT2D eigenvalue weighted by molar-refractivity contribution is 5.80. The van der Waals surface area contributed by atoms with Crippen LogP contribution < -0.4 is 11.5 Å². The van der Waals surface area contributed by atoms with Crippen LogP contribution in [-0.4, -0.2) is 4.57 Å². The van der Waals surface area contributed by atoms with Crippen molar-refractivity contribution in [3.63, 3.8) is 0 Å². The Morgan fingerprint density at radius 2 is 1.56 bits per heavy atom. The van der Waals surface area contributed by atoms with Crippen LogP contribution in [0.5, 0.6) is 0 Å². The number of para-hydroxylation sites is 1. The van der Waals surface area contributed by atoms with Crippen LogP contribution in [0.25, 0.3) is 10.9 Å². The number of anilines is 2. The molecule has 1 heterocycles. The van der Waals surface area contributed by atoms with E-state index in [1.54, 1.807) is 0 Å². The summed E-state index contributed by atoms with van der Waals surface area (Å²) in [7, 11) is 0. The van der Waals surface area contributed by atoms with Gasteiger partial charge in [-0.05, 0) is 29.7 Å². The molecule has 0 bridgehead atoms. The Hall–Kier alpha value is -2.42. The van der Waals surface area contributed by atoms with Crippen LogP contribution in [0.4, 0.5) is 11.4 Å². The van der Waals surface area contributed by atoms with E-state index in [4.69, 9.17) is 11.5 Å². The van der Waals surface area contributed by atoms with Gasteiger partial charge in [-0.25, -0.2) is 0 Å². The number of aromatic nitrogens is 1. The van der Waals surface area contributed by atoms with Crippen molar-refractivity contribution in [3.05, 3.63) is 60.3 Å². The molecule has 0 aliphatic heterocycles. The van der Waals surface area contributed by atoms with Gasteiger partial charge in [-0.15, -0.1) is 0 Å². The van der Waals surface area contributed by atoms with Gasteiger partial charge in [0, 0.05) is 28.7 Å². The molecule has 3 aromatic rings. The van der Waals surface area contributed by atoms with E-state index in [2.05, 4.69) is 29.0 Å². The molecule has 0 saturated carbocycles. The molecule has 0 amide bonds. The molecule has 0 unspecified atom stereocenters. The molecule has 2 aromatic carbocycles. The van der Waals surface area contributed by atoms with Crippen LogP contribution in [-0.2, 0) is 6.54 Å². The second-order valence-electron chi connectivity index (χ2n) is 4.42. The fraction of sp³-hybridized carbons (Fsp3) is 0.0667. The monoisotopic (exact) mass is 237 g/mol. The van der Waals surface area contributed by atoms with Gasteiger partial charge in [-0.2, -0.15) is 0 Å². The van der Waals surface area contributed by atoms with Gasteiger partial charge < -0.3 is 16.0 Å². The molecular formula is C15H15N3. The predicted octanol–water partition coefficient (Wildman–Crippen LogP) is 2.85. The van der Waals surface area contributed by atoms with Crippen molar-refractivity contribution in [2.75, 3.05) is 11.5 Å². The summed E-state index contributed by atoms with van der Waals surface area (Å²) in [4.78, 5) is 0. The van der Waals surface area contributed by atoms with E-state index >= 15 is 0 Å². The van der Waals surface area contributed by atoms with Gasteiger partial charge in [-0.1, -0.05) is 24.3 Å². The Bertz CT molecular complexity index is 678. The largest absolute Gasteiger partial charge is 0.398 e. The fourth-order valence-electron chi connectivity index (χ4n) is 2.25. The number of hydrogen-bond donors (Lipinski definition) is 2. The summed E-state index contributed by atoms with van der Waals surface area (Å²) in [6.07, 6.45) is 2.07. The maximum Gasteiger partial charge on any atom is 0.0517 e. The first-order chi connectivity index (χ1) is 8.75. The molecule has 0 radical (unpaired) electrons. The molecule has 3 heteroatoms. The van der Waals surface area contributed by atoms with Gasteiger partial charge >= 0.3 is 0 Å². The zero-order chi connectivity index (χ0) is 12.5. The van der Waals surface area contributed by atoms with Gasteiger partial charge in [0.25, 0.3) is 0 Å². The van der Waals surface area contributed by atoms with E-state index in [9.17, 15) is 0 Å². The van der Waals surface area contributed by atoms with Gasteiger partial charge in [0.15, 0.2) is 0 Å². The van der Waals surface area contributed by atoms with E-state index in [1.165, 1.54) is 10.9 Å². The predicted molar refractivity (Wildman–Crippen MR) is 76.3 cm³/mol. The van der Waals surface area contributed by atoms with E-state index in [1.807, 2.05) is 30.3 Å². The Morgan fingerprint density at radius 3 is 2.33 bits per heavy atom.